The van der Waals surface area contributed by atoms with Crippen molar-refractivity contribution in [3.05, 3.63) is 59.7 Å². The zero-order valence-corrected chi connectivity index (χ0v) is 14.2. The number of benzene rings is 2. The zero-order valence-electron chi connectivity index (χ0n) is 14.2. The van der Waals surface area contributed by atoms with Crippen LogP contribution >= 0.6 is 0 Å². The second-order valence-corrected chi connectivity index (χ2v) is 6.04. The first-order chi connectivity index (χ1) is 12.0. The molecule has 25 heavy (non-hydrogen) atoms. The molecule has 1 fully saturated rings. The lowest BCUT2D eigenvalue weighted by Gasteiger charge is -2.39. The van der Waals surface area contributed by atoms with Gasteiger partial charge >= 0.3 is 0 Å². The van der Waals surface area contributed by atoms with Gasteiger partial charge < -0.3 is 9.64 Å². The third kappa shape index (κ3) is 3.49. The molecule has 3 rings (SSSR count). The summed E-state index contributed by atoms with van der Waals surface area (Å²) in [5.74, 6) is -0.627. The SMILES string of the molecule is COc1ccccc1N1CCN(Cc2ccc(F)cc2F)C(C)C1=O. The molecule has 0 N–H and O–H groups in total. The van der Waals surface area contributed by atoms with E-state index in [1.54, 1.807) is 18.9 Å². The third-order valence-corrected chi connectivity index (χ3v) is 4.55. The van der Waals surface area contributed by atoms with Crippen LogP contribution in [0, 0.1) is 11.6 Å². The van der Waals surface area contributed by atoms with Gasteiger partial charge in [-0.2, -0.15) is 0 Å². The highest BCUT2D eigenvalue weighted by molar-refractivity contribution is 5.98. The van der Waals surface area contributed by atoms with Crippen LogP contribution in [-0.2, 0) is 11.3 Å². The van der Waals surface area contributed by atoms with Gasteiger partial charge in [-0.25, -0.2) is 8.78 Å². The van der Waals surface area contributed by atoms with E-state index in [0.29, 0.717) is 24.4 Å². The van der Waals surface area contributed by atoms with Crippen molar-refractivity contribution in [2.24, 2.45) is 0 Å². The van der Waals surface area contributed by atoms with Crippen LogP contribution in [-0.4, -0.2) is 37.0 Å². The number of anilines is 1. The number of carbonyl (C=O) groups is 1. The van der Waals surface area contributed by atoms with Gasteiger partial charge in [-0.3, -0.25) is 9.69 Å². The molecule has 1 aliphatic rings. The van der Waals surface area contributed by atoms with Crippen molar-refractivity contribution in [1.82, 2.24) is 4.90 Å². The molecule has 1 aliphatic heterocycles. The molecule has 1 atom stereocenters. The van der Waals surface area contributed by atoms with Crippen LogP contribution in [0.1, 0.15) is 12.5 Å². The monoisotopic (exact) mass is 346 g/mol. The summed E-state index contributed by atoms with van der Waals surface area (Å²) < 4.78 is 32.3. The van der Waals surface area contributed by atoms with Gasteiger partial charge in [0.2, 0.25) is 5.91 Å². The molecule has 0 aliphatic carbocycles. The first kappa shape index (κ1) is 17.4. The molecular weight excluding hydrogens is 326 g/mol. The molecule has 0 spiro atoms. The van der Waals surface area contributed by atoms with Gasteiger partial charge in [0.15, 0.2) is 0 Å². The van der Waals surface area contributed by atoms with E-state index in [9.17, 15) is 13.6 Å². The van der Waals surface area contributed by atoms with Gasteiger partial charge in [-0.15, -0.1) is 0 Å². The van der Waals surface area contributed by atoms with E-state index in [4.69, 9.17) is 4.74 Å². The summed E-state index contributed by atoms with van der Waals surface area (Å²) >= 11 is 0. The second kappa shape index (κ2) is 7.19. The number of hydrogen-bond acceptors (Lipinski definition) is 3. The molecule has 1 heterocycles. The zero-order chi connectivity index (χ0) is 18.0. The maximum Gasteiger partial charge on any atom is 0.244 e. The fourth-order valence-corrected chi connectivity index (χ4v) is 3.09. The number of nitrogens with zero attached hydrogens (tertiary/aromatic N) is 2. The number of amides is 1. The van der Waals surface area contributed by atoms with Crippen LogP contribution < -0.4 is 9.64 Å². The molecule has 0 radical (unpaired) electrons. The lowest BCUT2D eigenvalue weighted by molar-refractivity contribution is -0.125. The Kier molecular flexibility index (Phi) is 4.99. The summed E-state index contributed by atoms with van der Waals surface area (Å²) in [5, 5.41) is 0. The average molecular weight is 346 g/mol. The summed E-state index contributed by atoms with van der Waals surface area (Å²) in [6, 6.07) is 10.5. The Morgan fingerprint density at radius 1 is 1.16 bits per heavy atom. The molecule has 6 heteroatoms. The fourth-order valence-electron chi connectivity index (χ4n) is 3.09. The standard InChI is InChI=1S/C19H20F2N2O2/c1-13-19(24)23(17-5-3-4-6-18(17)25-2)10-9-22(13)12-14-7-8-15(20)11-16(14)21/h3-8,11,13H,9-10,12H2,1-2H3. The molecule has 4 nitrogen and oxygen atoms in total. The third-order valence-electron chi connectivity index (χ3n) is 4.55. The van der Waals surface area contributed by atoms with Gasteiger partial charge in [0.05, 0.1) is 18.8 Å². The van der Waals surface area contributed by atoms with Gasteiger partial charge in [0, 0.05) is 31.3 Å². The van der Waals surface area contributed by atoms with Crippen LogP contribution in [0.5, 0.6) is 5.75 Å². The number of para-hydroxylation sites is 2. The Bertz CT molecular complexity index is 782. The number of rotatable bonds is 4. The Labute approximate surface area is 145 Å². The normalized spacial score (nSPS) is 18.5. The molecular formula is C19H20F2N2O2. The van der Waals surface area contributed by atoms with E-state index < -0.39 is 17.7 Å². The Morgan fingerprint density at radius 2 is 1.92 bits per heavy atom. The van der Waals surface area contributed by atoms with E-state index in [2.05, 4.69) is 0 Å². The highest BCUT2D eigenvalue weighted by atomic mass is 19.1. The van der Waals surface area contributed by atoms with Crippen LogP contribution in [0.2, 0.25) is 0 Å². The summed E-state index contributed by atoms with van der Waals surface area (Å²) in [4.78, 5) is 16.4. The number of ether oxygens (including phenoxy) is 1. The minimum Gasteiger partial charge on any atom is -0.495 e. The maximum atomic E-state index is 13.9. The van der Waals surface area contributed by atoms with Gasteiger partial charge in [-0.1, -0.05) is 18.2 Å². The van der Waals surface area contributed by atoms with Crippen molar-refractivity contribution in [2.45, 2.75) is 19.5 Å². The van der Waals surface area contributed by atoms with Crippen molar-refractivity contribution in [2.75, 3.05) is 25.1 Å². The first-order valence-electron chi connectivity index (χ1n) is 8.13. The molecule has 2 aromatic carbocycles. The van der Waals surface area contributed by atoms with Crippen LogP contribution in [0.4, 0.5) is 14.5 Å². The second-order valence-electron chi connectivity index (χ2n) is 6.04. The van der Waals surface area contributed by atoms with Crippen molar-refractivity contribution < 1.29 is 18.3 Å². The summed E-state index contributed by atoms with van der Waals surface area (Å²) in [7, 11) is 1.57. The number of methoxy groups -OCH3 is 1. The number of carbonyl (C=O) groups excluding carboxylic acids is 1. The lowest BCUT2D eigenvalue weighted by Crippen LogP contribution is -2.55. The van der Waals surface area contributed by atoms with Crippen molar-refractivity contribution in [1.29, 1.82) is 0 Å². The van der Waals surface area contributed by atoms with Crippen molar-refractivity contribution in [3.8, 4) is 5.75 Å². The molecule has 2 aromatic rings. The number of halogens is 2. The Morgan fingerprint density at radius 3 is 2.64 bits per heavy atom. The summed E-state index contributed by atoms with van der Waals surface area (Å²) in [6.07, 6.45) is 0. The van der Waals surface area contributed by atoms with E-state index in [1.165, 1.54) is 12.1 Å². The predicted molar refractivity (Wildman–Crippen MR) is 91.6 cm³/mol. The highest BCUT2D eigenvalue weighted by Gasteiger charge is 2.33. The van der Waals surface area contributed by atoms with Crippen molar-refractivity contribution >= 4 is 11.6 Å². The fraction of sp³-hybridized carbons (Fsp3) is 0.316. The Balaban J connectivity index is 1.77. The molecule has 0 saturated carbocycles. The molecule has 0 aromatic heterocycles. The van der Waals surface area contributed by atoms with Gasteiger partial charge in [-0.05, 0) is 25.1 Å². The van der Waals surface area contributed by atoms with Crippen LogP contribution in [0.3, 0.4) is 0 Å². The average Bonchev–Trinajstić information content (AvgIpc) is 2.61. The van der Waals surface area contributed by atoms with E-state index in [-0.39, 0.29) is 12.5 Å². The predicted octanol–water partition coefficient (Wildman–Crippen LogP) is 3.21. The van der Waals surface area contributed by atoms with Gasteiger partial charge in [0.25, 0.3) is 0 Å². The van der Waals surface area contributed by atoms with E-state index >= 15 is 0 Å². The number of piperazine rings is 1. The van der Waals surface area contributed by atoms with Crippen molar-refractivity contribution in [3.63, 3.8) is 0 Å². The van der Waals surface area contributed by atoms with E-state index in [0.717, 1.165) is 11.8 Å². The lowest BCUT2D eigenvalue weighted by atomic mass is 10.1. The summed E-state index contributed by atoms with van der Waals surface area (Å²) in [6.45, 7) is 3.12. The molecule has 1 saturated heterocycles. The molecule has 1 amide bonds. The highest BCUT2D eigenvalue weighted by Crippen LogP contribution is 2.30. The topological polar surface area (TPSA) is 32.8 Å². The minimum absolute atomic E-state index is 0.0710. The Hall–Kier alpha value is -2.47. The largest absolute Gasteiger partial charge is 0.495 e. The van der Waals surface area contributed by atoms with Gasteiger partial charge in [0.1, 0.15) is 17.4 Å². The molecule has 132 valence electrons. The smallest absolute Gasteiger partial charge is 0.244 e. The quantitative estimate of drug-likeness (QED) is 0.852. The van der Waals surface area contributed by atoms with Crippen LogP contribution in [0.15, 0.2) is 42.5 Å². The maximum absolute atomic E-state index is 13.9. The van der Waals surface area contributed by atoms with E-state index in [1.807, 2.05) is 29.2 Å². The molecule has 1 unspecified atom stereocenters. The number of hydrogen-bond donors (Lipinski definition) is 0. The molecule has 0 bridgehead atoms. The van der Waals surface area contributed by atoms with Crippen LogP contribution in [0.25, 0.3) is 0 Å². The minimum atomic E-state index is -0.605. The first-order valence-corrected chi connectivity index (χ1v) is 8.13. The summed E-state index contributed by atoms with van der Waals surface area (Å²) in [5.41, 5.74) is 1.11.